The Hall–Kier alpha value is -1.85. The van der Waals surface area contributed by atoms with Crippen molar-refractivity contribution in [3.63, 3.8) is 0 Å². The maximum absolute atomic E-state index is 10.7. The molecule has 1 aliphatic rings. The minimum absolute atomic E-state index is 0.240. The molecule has 13 heavy (non-hydrogen) atoms. The molecule has 0 atom stereocenters. The first-order valence-electron chi connectivity index (χ1n) is 3.70. The molecule has 1 amide bonds. The highest BCUT2D eigenvalue weighted by molar-refractivity contribution is 5.67. The van der Waals surface area contributed by atoms with E-state index >= 15 is 0 Å². The van der Waals surface area contributed by atoms with E-state index in [4.69, 9.17) is 5.11 Å². The van der Waals surface area contributed by atoms with Crippen LogP contribution < -0.4 is 0 Å². The van der Waals surface area contributed by atoms with E-state index in [1.165, 1.54) is 18.4 Å². The van der Waals surface area contributed by atoms with Crippen LogP contribution in [0.25, 0.3) is 0 Å². The summed E-state index contributed by atoms with van der Waals surface area (Å²) in [7, 11) is 0. The quantitative estimate of drug-likeness (QED) is 0.708. The van der Waals surface area contributed by atoms with Gasteiger partial charge in [-0.15, -0.1) is 0 Å². The van der Waals surface area contributed by atoms with Crippen molar-refractivity contribution in [1.82, 2.24) is 4.90 Å². The van der Waals surface area contributed by atoms with Crippen molar-refractivity contribution in [1.29, 1.82) is 0 Å². The minimum atomic E-state index is -1.07. The number of carbonyl (C=O) groups is 1. The van der Waals surface area contributed by atoms with Gasteiger partial charge in [-0.05, 0) is 19.1 Å². The summed E-state index contributed by atoms with van der Waals surface area (Å²) in [5, 5.41) is 15.6. The zero-order chi connectivity index (χ0) is 9.68. The van der Waals surface area contributed by atoms with Crippen molar-refractivity contribution in [2.24, 2.45) is 10.4 Å². The van der Waals surface area contributed by atoms with Gasteiger partial charge in [-0.25, -0.2) is 4.79 Å². The standard InChI is InChI=1S/C7H9N3O3/c1-2-10(7(11)12)6-4-3-5-13-9-8-6/h3-5H,2H2,1H3,(H,11,12). The highest BCUT2D eigenvalue weighted by atomic mass is 16.6. The molecule has 0 aromatic carbocycles. The Morgan fingerprint density at radius 1 is 1.77 bits per heavy atom. The number of hydrogen-bond acceptors (Lipinski definition) is 4. The Labute approximate surface area is 74.8 Å². The summed E-state index contributed by atoms with van der Waals surface area (Å²) in [5.74, 6) is 0.240. The lowest BCUT2D eigenvalue weighted by Gasteiger charge is -2.14. The smallest absolute Gasteiger partial charge is 0.413 e. The molecule has 1 aliphatic heterocycles. The highest BCUT2D eigenvalue weighted by Gasteiger charge is 2.14. The molecular formula is C7H9N3O3. The van der Waals surface area contributed by atoms with Gasteiger partial charge in [-0.1, -0.05) is 5.11 Å². The fraction of sp³-hybridized carbons (Fsp3) is 0.286. The number of nitrogens with zero attached hydrogens (tertiary/aromatic N) is 3. The van der Waals surface area contributed by atoms with E-state index in [1.54, 1.807) is 6.92 Å². The minimum Gasteiger partial charge on any atom is -0.465 e. The van der Waals surface area contributed by atoms with Crippen molar-refractivity contribution in [2.75, 3.05) is 6.54 Å². The van der Waals surface area contributed by atoms with Crippen LogP contribution in [0.3, 0.4) is 0 Å². The molecule has 1 heterocycles. The lowest BCUT2D eigenvalue weighted by atomic mass is 10.5. The lowest BCUT2D eigenvalue weighted by Crippen LogP contribution is -2.27. The molecule has 1 rings (SSSR count). The highest BCUT2D eigenvalue weighted by Crippen LogP contribution is 2.09. The van der Waals surface area contributed by atoms with E-state index in [1.807, 2.05) is 0 Å². The largest absolute Gasteiger partial charge is 0.465 e. The van der Waals surface area contributed by atoms with Gasteiger partial charge in [0.15, 0.2) is 5.82 Å². The maximum Gasteiger partial charge on any atom is 0.413 e. The van der Waals surface area contributed by atoms with E-state index in [0.717, 1.165) is 4.90 Å². The van der Waals surface area contributed by atoms with Gasteiger partial charge < -0.3 is 9.94 Å². The van der Waals surface area contributed by atoms with E-state index in [2.05, 4.69) is 15.2 Å². The van der Waals surface area contributed by atoms with Crippen molar-refractivity contribution in [3.8, 4) is 0 Å². The van der Waals surface area contributed by atoms with E-state index in [0.29, 0.717) is 6.54 Å². The van der Waals surface area contributed by atoms with Crippen LogP contribution in [-0.2, 0) is 4.84 Å². The summed E-state index contributed by atoms with van der Waals surface area (Å²) in [6, 6.07) is 0. The monoisotopic (exact) mass is 183 g/mol. The van der Waals surface area contributed by atoms with Crippen molar-refractivity contribution in [2.45, 2.75) is 6.92 Å². The number of carboxylic acid groups (broad SMARTS) is 1. The fourth-order valence-electron chi connectivity index (χ4n) is 0.826. The summed E-state index contributed by atoms with van der Waals surface area (Å²) in [5.41, 5.74) is 0. The third-order valence-electron chi connectivity index (χ3n) is 1.40. The average Bonchev–Trinajstić information content (AvgIpc) is 2.33. The third-order valence-corrected chi connectivity index (χ3v) is 1.40. The van der Waals surface area contributed by atoms with Crippen LogP contribution in [0.15, 0.2) is 34.6 Å². The molecule has 70 valence electrons. The predicted molar refractivity (Wildman–Crippen MR) is 43.6 cm³/mol. The van der Waals surface area contributed by atoms with E-state index in [9.17, 15) is 4.79 Å². The molecule has 6 heteroatoms. The molecule has 0 fully saturated rings. The Balaban J connectivity index is 2.84. The van der Waals surface area contributed by atoms with Crippen LogP contribution in [-0.4, -0.2) is 22.6 Å². The van der Waals surface area contributed by atoms with Gasteiger partial charge in [-0.2, -0.15) is 0 Å². The lowest BCUT2D eigenvalue weighted by molar-refractivity contribution is 0.158. The molecule has 0 aromatic heterocycles. The van der Waals surface area contributed by atoms with Gasteiger partial charge in [0, 0.05) is 11.8 Å². The van der Waals surface area contributed by atoms with Crippen LogP contribution in [0, 0.1) is 0 Å². The normalized spacial score (nSPS) is 14.4. The molecule has 0 saturated carbocycles. The fourth-order valence-corrected chi connectivity index (χ4v) is 0.826. The van der Waals surface area contributed by atoms with Crippen LogP contribution in [0.1, 0.15) is 6.92 Å². The van der Waals surface area contributed by atoms with Gasteiger partial charge in [0.2, 0.25) is 0 Å². The maximum atomic E-state index is 10.7. The summed E-state index contributed by atoms with van der Waals surface area (Å²) < 4.78 is 0. The molecule has 0 aliphatic carbocycles. The molecule has 0 saturated heterocycles. The Bertz CT molecular complexity index is 283. The number of amides is 1. The van der Waals surface area contributed by atoms with Gasteiger partial charge in [0.1, 0.15) is 6.26 Å². The number of hydrogen-bond donors (Lipinski definition) is 1. The van der Waals surface area contributed by atoms with Crippen molar-refractivity contribution >= 4 is 6.09 Å². The molecule has 6 nitrogen and oxygen atoms in total. The zero-order valence-corrected chi connectivity index (χ0v) is 7.04. The molecule has 0 aromatic rings. The predicted octanol–water partition coefficient (Wildman–Crippen LogP) is 1.74. The van der Waals surface area contributed by atoms with Crippen LogP contribution in [0.2, 0.25) is 0 Å². The molecule has 0 radical (unpaired) electrons. The van der Waals surface area contributed by atoms with Crippen LogP contribution in [0.5, 0.6) is 0 Å². The van der Waals surface area contributed by atoms with Gasteiger partial charge >= 0.3 is 6.09 Å². The molecule has 1 N–H and O–H groups in total. The first-order chi connectivity index (χ1) is 6.25. The summed E-state index contributed by atoms with van der Waals surface area (Å²) >= 11 is 0. The second-order valence-corrected chi connectivity index (χ2v) is 2.17. The average molecular weight is 183 g/mol. The summed E-state index contributed by atoms with van der Waals surface area (Å²) in [6.45, 7) is 2.02. The SMILES string of the molecule is CCN(C(=O)O)C1=CC=CON=N1. The van der Waals surface area contributed by atoms with Crippen molar-refractivity contribution < 1.29 is 14.7 Å². The number of rotatable bonds is 2. The van der Waals surface area contributed by atoms with Gasteiger partial charge in [0.05, 0.1) is 0 Å². The second kappa shape index (κ2) is 4.24. The van der Waals surface area contributed by atoms with E-state index in [-0.39, 0.29) is 5.82 Å². The molecular weight excluding hydrogens is 174 g/mol. The first-order valence-corrected chi connectivity index (χ1v) is 3.70. The molecule has 0 bridgehead atoms. The summed E-state index contributed by atoms with van der Waals surface area (Å²) in [6.07, 6.45) is 3.28. The van der Waals surface area contributed by atoms with Crippen LogP contribution >= 0.6 is 0 Å². The van der Waals surface area contributed by atoms with Crippen LogP contribution in [0.4, 0.5) is 4.79 Å². The second-order valence-electron chi connectivity index (χ2n) is 2.17. The van der Waals surface area contributed by atoms with Gasteiger partial charge in [-0.3, -0.25) is 4.90 Å². The zero-order valence-electron chi connectivity index (χ0n) is 7.04. The number of allylic oxidation sites excluding steroid dienone is 2. The molecule has 0 unspecified atom stereocenters. The Kier molecular flexibility index (Phi) is 3.02. The first kappa shape index (κ1) is 9.24. The topological polar surface area (TPSA) is 74.5 Å². The molecule has 0 spiro atoms. The Morgan fingerprint density at radius 2 is 2.54 bits per heavy atom. The Morgan fingerprint density at radius 3 is 3.15 bits per heavy atom. The van der Waals surface area contributed by atoms with Crippen molar-refractivity contribution in [3.05, 3.63) is 24.2 Å². The summed E-state index contributed by atoms with van der Waals surface area (Å²) in [4.78, 5) is 16.2. The van der Waals surface area contributed by atoms with Gasteiger partial charge in [0.25, 0.3) is 0 Å². The van der Waals surface area contributed by atoms with E-state index < -0.39 is 6.09 Å². The third kappa shape index (κ3) is 2.29.